The Morgan fingerprint density at radius 2 is 2.00 bits per heavy atom. The standard InChI is InChI=1S/C24H32FN3O5/c1-2-33-22(29)9-6-11-27-23(30)18-13-19(25)20(26-16-7-4-3-5-8-16)14-21(18)28(24(27)31)17-10-12-32-15-17/h13-14,16-17,26H,2-12,15H2,1H3/t17-/m1/s1. The van der Waals surface area contributed by atoms with Gasteiger partial charge in [-0.25, -0.2) is 9.18 Å². The van der Waals surface area contributed by atoms with Gasteiger partial charge in [0.15, 0.2) is 0 Å². The van der Waals surface area contributed by atoms with E-state index in [9.17, 15) is 14.4 Å². The molecule has 0 unspecified atom stereocenters. The van der Waals surface area contributed by atoms with Gasteiger partial charge in [-0.15, -0.1) is 0 Å². The second-order valence-corrected chi connectivity index (χ2v) is 8.86. The van der Waals surface area contributed by atoms with Gasteiger partial charge in [-0.1, -0.05) is 19.3 Å². The molecule has 2 aromatic rings. The maximum atomic E-state index is 15.1. The molecule has 1 saturated carbocycles. The van der Waals surface area contributed by atoms with Crippen LogP contribution in [-0.2, 0) is 20.8 Å². The minimum Gasteiger partial charge on any atom is -0.466 e. The highest BCUT2D eigenvalue weighted by Crippen LogP contribution is 2.28. The molecule has 0 amide bonds. The van der Waals surface area contributed by atoms with Crippen molar-refractivity contribution in [2.45, 2.75) is 76.9 Å². The van der Waals surface area contributed by atoms with Gasteiger partial charge in [0.1, 0.15) is 5.82 Å². The summed E-state index contributed by atoms with van der Waals surface area (Å²) < 4.78 is 28.2. The fourth-order valence-corrected chi connectivity index (χ4v) is 4.87. The van der Waals surface area contributed by atoms with Crippen molar-refractivity contribution in [2.75, 3.05) is 25.1 Å². The number of fused-ring (bicyclic) bond motifs is 1. The van der Waals surface area contributed by atoms with Gasteiger partial charge in [-0.05, 0) is 44.7 Å². The molecule has 0 bridgehead atoms. The Balaban J connectivity index is 1.74. The number of carbonyl (C=O) groups excluding carboxylic acids is 1. The van der Waals surface area contributed by atoms with E-state index in [2.05, 4.69) is 5.32 Å². The zero-order valence-electron chi connectivity index (χ0n) is 19.1. The summed E-state index contributed by atoms with van der Waals surface area (Å²) in [4.78, 5) is 38.3. The van der Waals surface area contributed by atoms with Crippen molar-refractivity contribution in [1.29, 1.82) is 0 Å². The van der Waals surface area contributed by atoms with Crippen molar-refractivity contribution in [3.63, 3.8) is 0 Å². The van der Waals surface area contributed by atoms with Crippen molar-refractivity contribution in [1.82, 2.24) is 9.13 Å². The lowest BCUT2D eigenvalue weighted by molar-refractivity contribution is -0.143. The Hall–Kier alpha value is -2.68. The number of esters is 1. The fraction of sp³-hybridized carbons (Fsp3) is 0.625. The van der Waals surface area contributed by atoms with Crippen LogP contribution in [0.2, 0.25) is 0 Å². The Labute approximate surface area is 191 Å². The highest BCUT2D eigenvalue weighted by molar-refractivity contribution is 5.82. The average Bonchev–Trinajstić information content (AvgIpc) is 3.33. The summed E-state index contributed by atoms with van der Waals surface area (Å²) in [5.74, 6) is -0.878. The van der Waals surface area contributed by atoms with E-state index in [-0.39, 0.29) is 49.4 Å². The molecule has 1 aliphatic heterocycles. The molecule has 1 aliphatic carbocycles. The maximum absolute atomic E-state index is 15.1. The van der Waals surface area contributed by atoms with E-state index in [1.807, 2.05) is 0 Å². The summed E-state index contributed by atoms with van der Waals surface area (Å²) in [6, 6.07) is 2.79. The number of carbonyl (C=O) groups is 1. The van der Waals surface area contributed by atoms with Crippen LogP contribution < -0.4 is 16.6 Å². The van der Waals surface area contributed by atoms with Crippen LogP contribution in [0.3, 0.4) is 0 Å². The maximum Gasteiger partial charge on any atom is 0.331 e. The molecule has 1 N–H and O–H groups in total. The molecule has 2 heterocycles. The number of hydrogen-bond acceptors (Lipinski definition) is 6. The summed E-state index contributed by atoms with van der Waals surface area (Å²) in [5.41, 5.74) is -0.262. The number of halogens is 1. The lowest BCUT2D eigenvalue weighted by Crippen LogP contribution is -2.42. The molecule has 1 atom stereocenters. The van der Waals surface area contributed by atoms with Crippen LogP contribution in [0.1, 0.15) is 64.3 Å². The first-order valence-electron chi connectivity index (χ1n) is 12.0. The van der Waals surface area contributed by atoms with Crippen molar-refractivity contribution in [2.24, 2.45) is 0 Å². The van der Waals surface area contributed by atoms with Gasteiger partial charge >= 0.3 is 11.7 Å². The molecule has 1 aromatic heterocycles. The van der Waals surface area contributed by atoms with E-state index in [0.29, 0.717) is 30.8 Å². The van der Waals surface area contributed by atoms with Crippen LogP contribution in [-0.4, -0.2) is 41.0 Å². The van der Waals surface area contributed by atoms with E-state index in [0.717, 1.165) is 30.3 Å². The van der Waals surface area contributed by atoms with Crippen LogP contribution in [0.4, 0.5) is 10.1 Å². The zero-order chi connectivity index (χ0) is 23.4. The molecule has 1 saturated heterocycles. The molecule has 180 valence electrons. The summed E-state index contributed by atoms with van der Waals surface area (Å²) in [6.45, 7) is 2.94. The predicted molar refractivity (Wildman–Crippen MR) is 123 cm³/mol. The number of nitrogens with zero attached hydrogens (tertiary/aromatic N) is 2. The molecule has 0 spiro atoms. The van der Waals surface area contributed by atoms with Gasteiger partial charge in [0.25, 0.3) is 5.56 Å². The summed E-state index contributed by atoms with van der Waals surface area (Å²) in [5, 5.41) is 3.45. The van der Waals surface area contributed by atoms with Crippen molar-refractivity contribution >= 4 is 22.6 Å². The Kier molecular flexibility index (Phi) is 7.47. The topological polar surface area (TPSA) is 91.6 Å². The Morgan fingerprint density at radius 3 is 2.70 bits per heavy atom. The van der Waals surface area contributed by atoms with Gasteiger partial charge in [0.2, 0.25) is 0 Å². The number of anilines is 1. The van der Waals surface area contributed by atoms with Gasteiger partial charge in [0, 0.05) is 25.6 Å². The minimum atomic E-state index is -0.544. The van der Waals surface area contributed by atoms with Gasteiger partial charge < -0.3 is 14.8 Å². The first-order valence-corrected chi connectivity index (χ1v) is 12.0. The monoisotopic (exact) mass is 461 g/mol. The van der Waals surface area contributed by atoms with Crippen LogP contribution in [0.25, 0.3) is 10.9 Å². The van der Waals surface area contributed by atoms with Crippen molar-refractivity contribution in [3.8, 4) is 0 Å². The van der Waals surface area contributed by atoms with Crippen LogP contribution >= 0.6 is 0 Å². The van der Waals surface area contributed by atoms with Crippen molar-refractivity contribution in [3.05, 3.63) is 38.8 Å². The molecule has 9 heteroatoms. The summed E-state index contributed by atoms with van der Waals surface area (Å²) >= 11 is 0. The lowest BCUT2D eigenvalue weighted by Gasteiger charge is -2.25. The molecule has 0 radical (unpaired) electrons. The number of aromatic nitrogens is 2. The number of ether oxygens (including phenoxy) is 2. The number of rotatable bonds is 8. The van der Waals surface area contributed by atoms with E-state index < -0.39 is 17.1 Å². The molecule has 8 nitrogen and oxygen atoms in total. The van der Waals surface area contributed by atoms with Gasteiger partial charge in [-0.3, -0.25) is 18.7 Å². The quantitative estimate of drug-likeness (QED) is 0.607. The molecular weight excluding hydrogens is 429 g/mol. The normalized spacial score (nSPS) is 19.2. The molecule has 1 aromatic carbocycles. The van der Waals surface area contributed by atoms with E-state index in [1.165, 1.54) is 12.5 Å². The minimum absolute atomic E-state index is 0.0592. The Bertz CT molecular complexity index is 1110. The summed E-state index contributed by atoms with van der Waals surface area (Å²) in [6.07, 6.45) is 6.37. The largest absolute Gasteiger partial charge is 0.466 e. The molecule has 2 fully saturated rings. The first-order chi connectivity index (χ1) is 16.0. The van der Waals surface area contributed by atoms with Crippen molar-refractivity contribution < 1.29 is 18.7 Å². The summed E-state index contributed by atoms with van der Waals surface area (Å²) in [7, 11) is 0. The van der Waals surface area contributed by atoms with Crippen LogP contribution in [0.15, 0.2) is 21.7 Å². The number of hydrogen-bond donors (Lipinski definition) is 1. The SMILES string of the molecule is CCOC(=O)CCCn1c(=O)c2cc(F)c(NC3CCCCC3)cc2n([C@@H]2CCOC2)c1=O. The number of benzene rings is 1. The van der Waals surface area contributed by atoms with E-state index in [1.54, 1.807) is 17.6 Å². The fourth-order valence-electron chi connectivity index (χ4n) is 4.87. The molecule has 4 rings (SSSR count). The second-order valence-electron chi connectivity index (χ2n) is 8.86. The zero-order valence-corrected chi connectivity index (χ0v) is 19.1. The molecule has 33 heavy (non-hydrogen) atoms. The second kappa shape index (κ2) is 10.5. The highest BCUT2D eigenvalue weighted by Gasteiger charge is 2.25. The van der Waals surface area contributed by atoms with E-state index >= 15 is 4.39 Å². The van der Waals surface area contributed by atoms with Crippen LogP contribution in [0.5, 0.6) is 0 Å². The van der Waals surface area contributed by atoms with Gasteiger partial charge in [0.05, 0.1) is 35.8 Å². The van der Waals surface area contributed by atoms with Gasteiger partial charge in [-0.2, -0.15) is 0 Å². The van der Waals surface area contributed by atoms with E-state index in [4.69, 9.17) is 9.47 Å². The Morgan fingerprint density at radius 1 is 1.21 bits per heavy atom. The lowest BCUT2D eigenvalue weighted by atomic mass is 9.95. The third-order valence-electron chi connectivity index (χ3n) is 6.56. The number of nitrogens with one attached hydrogen (secondary N) is 1. The molecule has 2 aliphatic rings. The average molecular weight is 462 g/mol. The highest BCUT2D eigenvalue weighted by atomic mass is 19.1. The molecular formula is C24H32FN3O5. The smallest absolute Gasteiger partial charge is 0.331 e. The predicted octanol–water partition coefficient (Wildman–Crippen LogP) is 3.35. The first kappa shape index (κ1) is 23.5. The third-order valence-corrected chi connectivity index (χ3v) is 6.56. The third kappa shape index (κ3) is 5.13. The van der Waals surface area contributed by atoms with Crippen LogP contribution in [0, 0.1) is 5.82 Å².